The highest BCUT2D eigenvalue weighted by molar-refractivity contribution is 5.92. The number of benzene rings is 2. The van der Waals surface area contributed by atoms with Crippen LogP contribution in [0.2, 0.25) is 0 Å². The largest absolute Gasteiger partial charge is 0.466 e. The van der Waals surface area contributed by atoms with Crippen molar-refractivity contribution in [2.45, 2.75) is 59.7 Å². The summed E-state index contributed by atoms with van der Waals surface area (Å²) in [5, 5.41) is 0. The Labute approximate surface area is 219 Å². The van der Waals surface area contributed by atoms with Gasteiger partial charge in [-0.2, -0.15) is 0 Å². The SMILES string of the molecule is CCOC(=O)[C@@H]1CCCN(C(=O)c2coc(CN(Cc3ccc(C)cc3C)[C@@H](C)c3ccccc3)n2)C1. The van der Waals surface area contributed by atoms with Gasteiger partial charge in [0.25, 0.3) is 5.91 Å². The molecule has 0 saturated carbocycles. The molecule has 1 fully saturated rings. The smallest absolute Gasteiger partial charge is 0.310 e. The zero-order chi connectivity index (χ0) is 26.4. The molecule has 2 heterocycles. The second kappa shape index (κ2) is 12.2. The van der Waals surface area contributed by atoms with Gasteiger partial charge in [0.05, 0.1) is 19.1 Å². The maximum absolute atomic E-state index is 13.2. The molecule has 1 aromatic heterocycles. The molecular formula is C30H37N3O4. The van der Waals surface area contributed by atoms with Gasteiger partial charge in [-0.15, -0.1) is 0 Å². The lowest BCUT2D eigenvalue weighted by molar-refractivity contribution is -0.149. The molecule has 3 aromatic rings. The van der Waals surface area contributed by atoms with E-state index in [1.54, 1.807) is 11.8 Å². The van der Waals surface area contributed by atoms with Gasteiger partial charge in [-0.05, 0) is 57.2 Å². The van der Waals surface area contributed by atoms with Crippen molar-refractivity contribution in [3.05, 3.63) is 88.6 Å². The first kappa shape index (κ1) is 26.6. The molecule has 1 amide bonds. The average molecular weight is 504 g/mol. The standard InChI is InChI=1S/C30H37N3O4/c1-5-36-30(35)26-12-9-15-32(18-26)29(34)27-20-37-28(31-27)19-33(23(4)24-10-7-6-8-11-24)17-25-14-13-21(2)16-22(25)3/h6-8,10-11,13-14,16,20,23,26H,5,9,12,15,17-19H2,1-4H3/t23-,26+/m0/s1. The van der Waals surface area contributed by atoms with Crippen molar-refractivity contribution in [3.8, 4) is 0 Å². The average Bonchev–Trinajstić information content (AvgIpc) is 3.38. The fourth-order valence-corrected chi connectivity index (χ4v) is 4.95. The predicted molar refractivity (Wildman–Crippen MR) is 142 cm³/mol. The fourth-order valence-electron chi connectivity index (χ4n) is 4.95. The van der Waals surface area contributed by atoms with Gasteiger partial charge in [-0.25, -0.2) is 4.98 Å². The molecule has 7 heteroatoms. The van der Waals surface area contributed by atoms with Gasteiger partial charge in [-0.1, -0.05) is 54.1 Å². The molecule has 37 heavy (non-hydrogen) atoms. The second-order valence-electron chi connectivity index (χ2n) is 9.89. The summed E-state index contributed by atoms with van der Waals surface area (Å²) in [5.74, 6) is -0.238. The monoisotopic (exact) mass is 503 g/mol. The molecule has 196 valence electrons. The number of piperidine rings is 1. The van der Waals surface area contributed by atoms with E-state index in [0.29, 0.717) is 32.1 Å². The second-order valence-corrected chi connectivity index (χ2v) is 9.89. The zero-order valence-electron chi connectivity index (χ0n) is 22.3. The van der Waals surface area contributed by atoms with Crippen LogP contribution in [0.25, 0.3) is 0 Å². The van der Waals surface area contributed by atoms with Crippen LogP contribution in [0.4, 0.5) is 0 Å². The normalized spacial score (nSPS) is 16.6. The minimum Gasteiger partial charge on any atom is -0.466 e. The summed E-state index contributed by atoms with van der Waals surface area (Å²) in [6.07, 6.45) is 2.93. The summed E-state index contributed by atoms with van der Waals surface area (Å²) in [5.41, 5.74) is 5.21. The minimum atomic E-state index is -0.288. The third-order valence-electron chi connectivity index (χ3n) is 7.14. The Hall–Kier alpha value is -3.45. The van der Waals surface area contributed by atoms with Crippen LogP contribution in [0.3, 0.4) is 0 Å². The summed E-state index contributed by atoms with van der Waals surface area (Å²) in [7, 11) is 0. The van der Waals surface area contributed by atoms with E-state index in [2.05, 4.69) is 61.0 Å². The number of likely N-dealkylation sites (tertiary alicyclic amines) is 1. The van der Waals surface area contributed by atoms with E-state index in [9.17, 15) is 9.59 Å². The molecule has 1 saturated heterocycles. The van der Waals surface area contributed by atoms with Crippen molar-refractivity contribution in [3.63, 3.8) is 0 Å². The van der Waals surface area contributed by atoms with Crippen LogP contribution in [0.15, 0.2) is 59.2 Å². The number of hydrogen-bond donors (Lipinski definition) is 0. The topological polar surface area (TPSA) is 75.9 Å². The summed E-state index contributed by atoms with van der Waals surface area (Å²) < 4.78 is 11.0. The van der Waals surface area contributed by atoms with Crippen LogP contribution >= 0.6 is 0 Å². The molecule has 1 aliphatic heterocycles. The number of aromatic nitrogens is 1. The zero-order valence-corrected chi connectivity index (χ0v) is 22.3. The van der Waals surface area contributed by atoms with Gasteiger partial charge in [0.1, 0.15) is 6.26 Å². The van der Waals surface area contributed by atoms with Crippen LogP contribution in [-0.4, -0.2) is 46.4 Å². The molecule has 0 radical (unpaired) electrons. The molecule has 4 rings (SSSR count). The van der Waals surface area contributed by atoms with E-state index in [0.717, 1.165) is 19.4 Å². The molecule has 2 aromatic carbocycles. The Kier molecular flexibility index (Phi) is 8.77. The number of amides is 1. The van der Waals surface area contributed by atoms with E-state index in [4.69, 9.17) is 9.15 Å². The first-order chi connectivity index (χ1) is 17.9. The van der Waals surface area contributed by atoms with Crippen molar-refractivity contribution in [2.75, 3.05) is 19.7 Å². The van der Waals surface area contributed by atoms with Gasteiger partial charge in [0.2, 0.25) is 5.89 Å². The van der Waals surface area contributed by atoms with E-state index in [1.165, 1.54) is 28.5 Å². The number of ether oxygens (including phenoxy) is 1. The highest BCUT2D eigenvalue weighted by Gasteiger charge is 2.31. The quantitative estimate of drug-likeness (QED) is 0.361. The Morgan fingerprint density at radius 2 is 1.95 bits per heavy atom. The van der Waals surface area contributed by atoms with Gasteiger partial charge >= 0.3 is 5.97 Å². The van der Waals surface area contributed by atoms with Crippen molar-refractivity contribution >= 4 is 11.9 Å². The molecule has 0 N–H and O–H groups in total. The van der Waals surface area contributed by atoms with Crippen LogP contribution in [0.1, 0.15) is 71.4 Å². The fraction of sp³-hybridized carbons (Fsp3) is 0.433. The first-order valence-electron chi connectivity index (χ1n) is 13.1. The number of esters is 1. The molecular weight excluding hydrogens is 466 g/mol. The Morgan fingerprint density at radius 1 is 1.16 bits per heavy atom. The van der Waals surface area contributed by atoms with Crippen LogP contribution < -0.4 is 0 Å². The molecule has 0 bridgehead atoms. The molecule has 0 unspecified atom stereocenters. The van der Waals surface area contributed by atoms with Gasteiger partial charge in [0.15, 0.2) is 5.69 Å². The highest BCUT2D eigenvalue weighted by atomic mass is 16.5. The lowest BCUT2D eigenvalue weighted by atomic mass is 9.98. The van der Waals surface area contributed by atoms with E-state index < -0.39 is 0 Å². The highest BCUT2D eigenvalue weighted by Crippen LogP contribution is 2.26. The van der Waals surface area contributed by atoms with Gasteiger partial charge in [0, 0.05) is 25.7 Å². The van der Waals surface area contributed by atoms with E-state index in [-0.39, 0.29) is 29.5 Å². The van der Waals surface area contributed by atoms with Crippen molar-refractivity contribution in [1.29, 1.82) is 0 Å². The summed E-state index contributed by atoms with van der Waals surface area (Å²) in [6.45, 7) is 10.7. The molecule has 0 aliphatic carbocycles. The van der Waals surface area contributed by atoms with E-state index in [1.807, 2.05) is 18.2 Å². The number of carbonyl (C=O) groups excluding carboxylic acids is 2. The number of hydrogen-bond acceptors (Lipinski definition) is 6. The van der Waals surface area contributed by atoms with Crippen LogP contribution in [-0.2, 0) is 22.6 Å². The van der Waals surface area contributed by atoms with Crippen molar-refractivity contribution in [2.24, 2.45) is 5.92 Å². The number of aryl methyl sites for hydroxylation is 2. The lowest BCUT2D eigenvalue weighted by Gasteiger charge is -2.31. The predicted octanol–water partition coefficient (Wildman–Crippen LogP) is 5.47. The van der Waals surface area contributed by atoms with Crippen molar-refractivity contribution in [1.82, 2.24) is 14.8 Å². The Morgan fingerprint density at radius 3 is 2.68 bits per heavy atom. The van der Waals surface area contributed by atoms with Crippen LogP contribution in [0.5, 0.6) is 0 Å². The number of carbonyl (C=O) groups is 2. The summed E-state index contributed by atoms with van der Waals surface area (Å²) in [6, 6.07) is 17.0. The maximum Gasteiger partial charge on any atom is 0.310 e. The summed E-state index contributed by atoms with van der Waals surface area (Å²) in [4.78, 5) is 34.0. The van der Waals surface area contributed by atoms with Crippen molar-refractivity contribution < 1.29 is 18.7 Å². The van der Waals surface area contributed by atoms with E-state index >= 15 is 0 Å². The molecule has 7 nitrogen and oxygen atoms in total. The van der Waals surface area contributed by atoms with Crippen LogP contribution in [0, 0.1) is 19.8 Å². The first-order valence-corrected chi connectivity index (χ1v) is 13.1. The maximum atomic E-state index is 13.2. The Bertz CT molecular complexity index is 1210. The number of oxazole rings is 1. The third kappa shape index (κ3) is 6.66. The molecule has 0 spiro atoms. The molecule has 2 atom stereocenters. The van der Waals surface area contributed by atoms with Gasteiger partial charge in [-0.3, -0.25) is 14.5 Å². The minimum absolute atomic E-state index is 0.111. The summed E-state index contributed by atoms with van der Waals surface area (Å²) >= 11 is 0. The number of nitrogens with zero attached hydrogens (tertiary/aromatic N) is 3. The third-order valence-corrected chi connectivity index (χ3v) is 7.14. The number of rotatable bonds is 9. The Balaban J connectivity index is 1.50. The van der Waals surface area contributed by atoms with Gasteiger partial charge < -0.3 is 14.1 Å². The molecule has 1 aliphatic rings. The lowest BCUT2D eigenvalue weighted by Crippen LogP contribution is -2.43.